The number of rotatable bonds is 8. The molecule has 0 aliphatic heterocycles. The van der Waals surface area contributed by atoms with E-state index in [1.54, 1.807) is 0 Å². The van der Waals surface area contributed by atoms with Gasteiger partial charge in [-0.2, -0.15) is 0 Å². The van der Waals surface area contributed by atoms with Crippen LogP contribution in [0.4, 0.5) is 0 Å². The van der Waals surface area contributed by atoms with E-state index in [4.69, 9.17) is 10.5 Å². The van der Waals surface area contributed by atoms with E-state index < -0.39 is 15.9 Å². The molecule has 0 spiro atoms. The average molecular weight is 285 g/mol. The lowest BCUT2D eigenvalue weighted by atomic mass is 10.1. The van der Waals surface area contributed by atoms with Crippen molar-refractivity contribution in [2.45, 2.75) is 32.7 Å². The standard InChI is InChI=1S/C14H23NO3S/c1-3-5-10-19(16,17)11-13(15)12-8-6-7-9-14(12)18-4-2/h6-9,13H,3-5,10-11,15H2,1-2H3. The van der Waals surface area contributed by atoms with Crippen LogP contribution in [0.5, 0.6) is 5.75 Å². The molecule has 108 valence electrons. The molecule has 0 fully saturated rings. The highest BCUT2D eigenvalue weighted by atomic mass is 32.2. The third-order valence-corrected chi connectivity index (χ3v) is 4.64. The summed E-state index contributed by atoms with van der Waals surface area (Å²) in [5, 5.41) is 0. The number of hydrogen-bond acceptors (Lipinski definition) is 4. The molecule has 0 radical (unpaired) electrons. The third kappa shape index (κ3) is 5.20. The molecule has 1 rings (SSSR count). The molecule has 0 amide bonds. The molecule has 1 atom stereocenters. The highest BCUT2D eigenvalue weighted by molar-refractivity contribution is 7.91. The predicted molar refractivity (Wildman–Crippen MR) is 78.1 cm³/mol. The Balaban J connectivity index is 2.80. The molecule has 0 aliphatic carbocycles. The van der Waals surface area contributed by atoms with Gasteiger partial charge in [0.15, 0.2) is 9.84 Å². The summed E-state index contributed by atoms with van der Waals surface area (Å²) in [5.74, 6) is 0.841. The Kier molecular flexibility index (Phi) is 6.31. The maximum atomic E-state index is 11.9. The number of nitrogens with two attached hydrogens (primary N) is 1. The quantitative estimate of drug-likeness (QED) is 0.795. The van der Waals surface area contributed by atoms with Gasteiger partial charge in [0.05, 0.1) is 18.1 Å². The zero-order chi connectivity index (χ0) is 14.3. The van der Waals surface area contributed by atoms with E-state index in [2.05, 4.69) is 0 Å². The van der Waals surface area contributed by atoms with Crippen molar-refractivity contribution in [2.24, 2.45) is 5.73 Å². The van der Waals surface area contributed by atoms with Gasteiger partial charge in [0.1, 0.15) is 5.75 Å². The minimum Gasteiger partial charge on any atom is -0.494 e. The van der Waals surface area contributed by atoms with Gasteiger partial charge in [-0.3, -0.25) is 0 Å². The lowest BCUT2D eigenvalue weighted by molar-refractivity contribution is 0.335. The molecular formula is C14H23NO3S. The molecule has 5 heteroatoms. The van der Waals surface area contributed by atoms with Gasteiger partial charge >= 0.3 is 0 Å². The molecule has 1 aromatic rings. The van der Waals surface area contributed by atoms with Crippen molar-refractivity contribution in [2.75, 3.05) is 18.1 Å². The molecule has 2 N–H and O–H groups in total. The second-order valence-electron chi connectivity index (χ2n) is 4.55. The van der Waals surface area contributed by atoms with Crippen molar-refractivity contribution < 1.29 is 13.2 Å². The normalized spacial score (nSPS) is 13.2. The van der Waals surface area contributed by atoms with Crippen molar-refractivity contribution in [3.8, 4) is 5.75 Å². The summed E-state index contributed by atoms with van der Waals surface area (Å²) in [4.78, 5) is 0. The van der Waals surface area contributed by atoms with Crippen molar-refractivity contribution >= 4 is 9.84 Å². The van der Waals surface area contributed by atoms with E-state index in [1.165, 1.54) is 0 Å². The molecule has 1 unspecified atom stereocenters. The Labute approximate surface area is 115 Å². The van der Waals surface area contributed by atoms with E-state index in [9.17, 15) is 8.42 Å². The average Bonchev–Trinajstić information content (AvgIpc) is 2.37. The highest BCUT2D eigenvalue weighted by Gasteiger charge is 2.19. The SMILES string of the molecule is CCCCS(=O)(=O)CC(N)c1ccccc1OCC. The molecule has 0 heterocycles. The number of para-hydroxylation sites is 1. The van der Waals surface area contributed by atoms with Crippen molar-refractivity contribution in [1.29, 1.82) is 0 Å². The lowest BCUT2D eigenvalue weighted by Crippen LogP contribution is -2.24. The fourth-order valence-corrected chi connectivity index (χ4v) is 3.51. The fourth-order valence-electron chi connectivity index (χ4n) is 1.88. The first kappa shape index (κ1) is 16.0. The summed E-state index contributed by atoms with van der Waals surface area (Å²) in [5.41, 5.74) is 6.78. The summed E-state index contributed by atoms with van der Waals surface area (Å²) in [6, 6.07) is 6.80. The zero-order valence-electron chi connectivity index (χ0n) is 11.6. The minimum absolute atomic E-state index is 0.0307. The number of hydrogen-bond donors (Lipinski definition) is 1. The van der Waals surface area contributed by atoms with Crippen LogP contribution in [0.25, 0.3) is 0 Å². The Bertz CT molecular complexity index is 485. The van der Waals surface area contributed by atoms with Gasteiger partial charge in [0.25, 0.3) is 0 Å². The van der Waals surface area contributed by atoms with E-state index in [0.717, 1.165) is 12.0 Å². The molecule has 0 saturated carbocycles. The predicted octanol–water partition coefficient (Wildman–Crippen LogP) is 2.30. The Hall–Kier alpha value is -1.07. The highest BCUT2D eigenvalue weighted by Crippen LogP contribution is 2.24. The number of ether oxygens (including phenoxy) is 1. The van der Waals surface area contributed by atoms with Crippen LogP contribution in [0, 0.1) is 0 Å². The molecule has 0 aromatic heterocycles. The van der Waals surface area contributed by atoms with E-state index >= 15 is 0 Å². The number of benzene rings is 1. The van der Waals surface area contributed by atoms with Crippen LogP contribution in [0.2, 0.25) is 0 Å². The number of unbranched alkanes of at least 4 members (excludes halogenated alkanes) is 1. The van der Waals surface area contributed by atoms with Crippen molar-refractivity contribution in [1.82, 2.24) is 0 Å². The minimum atomic E-state index is -3.10. The second kappa shape index (κ2) is 7.50. The molecule has 0 aliphatic rings. The molecule has 4 nitrogen and oxygen atoms in total. The smallest absolute Gasteiger partial charge is 0.152 e. The van der Waals surface area contributed by atoms with Crippen LogP contribution in [0.15, 0.2) is 24.3 Å². The maximum Gasteiger partial charge on any atom is 0.152 e. The van der Waals surface area contributed by atoms with E-state index in [1.807, 2.05) is 38.1 Å². The maximum absolute atomic E-state index is 11.9. The van der Waals surface area contributed by atoms with Gasteiger partial charge in [-0.05, 0) is 19.4 Å². The van der Waals surface area contributed by atoms with Gasteiger partial charge in [-0.15, -0.1) is 0 Å². The first-order valence-electron chi connectivity index (χ1n) is 6.68. The largest absolute Gasteiger partial charge is 0.494 e. The molecule has 19 heavy (non-hydrogen) atoms. The van der Waals surface area contributed by atoms with Gasteiger partial charge in [-0.25, -0.2) is 8.42 Å². The van der Waals surface area contributed by atoms with E-state index in [0.29, 0.717) is 18.8 Å². The summed E-state index contributed by atoms with van der Waals surface area (Å²) in [7, 11) is -3.10. The van der Waals surface area contributed by atoms with Crippen molar-refractivity contribution in [3.05, 3.63) is 29.8 Å². The van der Waals surface area contributed by atoms with Crippen LogP contribution < -0.4 is 10.5 Å². The second-order valence-corrected chi connectivity index (χ2v) is 6.77. The van der Waals surface area contributed by atoms with Crippen LogP contribution in [0.3, 0.4) is 0 Å². The Morgan fingerprint density at radius 3 is 2.58 bits per heavy atom. The summed E-state index contributed by atoms with van der Waals surface area (Å²) in [6.45, 7) is 4.40. The van der Waals surface area contributed by atoms with E-state index in [-0.39, 0.29) is 11.5 Å². The summed E-state index contributed by atoms with van der Waals surface area (Å²) in [6.07, 6.45) is 1.55. The first-order valence-corrected chi connectivity index (χ1v) is 8.50. The zero-order valence-corrected chi connectivity index (χ0v) is 12.4. The Morgan fingerprint density at radius 1 is 1.26 bits per heavy atom. The van der Waals surface area contributed by atoms with Gasteiger partial charge in [0.2, 0.25) is 0 Å². The number of sulfone groups is 1. The summed E-state index contributed by atoms with van der Waals surface area (Å²) < 4.78 is 29.3. The van der Waals surface area contributed by atoms with Crippen LogP contribution in [0.1, 0.15) is 38.3 Å². The van der Waals surface area contributed by atoms with Gasteiger partial charge in [0, 0.05) is 11.6 Å². The Morgan fingerprint density at radius 2 is 1.95 bits per heavy atom. The monoisotopic (exact) mass is 285 g/mol. The molecule has 0 saturated heterocycles. The first-order chi connectivity index (χ1) is 9.00. The van der Waals surface area contributed by atoms with Gasteiger partial charge in [-0.1, -0.05) is 31.5 Å². The third-order valence-electron chi connectivity index (χ3n) is 2.86. The van der Waals surface area contributed by atoms with Crippen LogP contribution in [-0.2, 0) is 9.84 Å². The molecule has 0 bridgehead atoms. The summed E-state index contributed by atoms with van der Waals surface area (Å²) >= 11 is 0. The lowest BCUT2D eigenvalue weighted by Gasteiger charge is -2.16. The molecular weight excluding hydrogens is 262 g/mol. The van der Waals surface area contributed by atoms with Crippen LogP contribution in [-0.4, -0.2) is 26.5 Å². The van der Waals surface area contributed by atoms with Crippen LogP contribution >= 0.6 is 0 Å². The topological polar surface area (TPSA) is 69.4 Å². The molecule has 1 aromatic carbocycles. The van der Waals surface area contributed by atoms with Crippen molar-refractivity contribution in [3.63, 3.8) is 0 Å². The van der Waals surface area contributed by atoms with Gasteiger partial charge < -0.3 is 10.5 Å². The fraction of sp³-hybridized carbons (Fsp3) is 0.571.